The van der Waals surface area contributed by atoms with Crippen LogP contribution in [-0.2, 0) is 0 Å². The topological polar surface area (TPSA) is 76.6 Å². The zero-order valence-electron chi connectivity index (χ0n) is 13.1. The van der Waals surface area contributed by atoms with Crippen molar-refractivity contribution in [3.8, 4) is 11.8 Å². The number of aromatic nitrogens is 2. The van der Waals surface area contributed by atoms with Gasteiger partial charge in [-0.05, 0) is 24.3 Å². The summed E-state index contributed by atoms with van der Waals surface area (Å²) in [5.41, 5.74) is 0.543. The van der Waals surface area contributed by atoms with Crippen molar-refractivity contribution < 1.29 is 18.7 Å². The van der Waals surface area contributed by atoms with Gasteiger partial charge >= 0.3 is 6.03 Å². The zero-order chi connectivity index (χ0) is 16.9. The van der Waals surface area contributed by atoms with E-state index in [1.165, 1.54) is 43.8 Å². The Morgan fingerprint density at radius 1 is 1.25 bits per heavy atom. The summed E-state index contributed by atoms with van der Waals surface area (Å²) in [5.74, 6) is 0.276. The Labute approximate surface area is 138 Å². The van der Waals surface area contributed by atoms with Crippen molar-refractivity contribution in [2.24, 2.45) is 0 Å². The molecule has 0 aliphatic carbocycles. The summed E-state index contributed by atoms with van der Waals surface area (Å²) >= 11 is 0. The van der Waals surface area contributed by atoms with Crippen molar-refractivity contribution in [1.82, 2.24) is 14.9 Å². The Balaban J connectivity index is 1.56. The van der Waals surface area contributed by atoms with Crippen LogP contribution in [0.15, 0.2) is 36.7 Å². The Morgan fingerprint density at radius 3 is 2.67 bits per heavy atom. The van der Waals surface area contributed by atoms with Gasteiger partial charge in [-0.3, -0.25) is 0 Å². The monoisotopic (exact) mass is 332 g/mol. The van der Waals surface area contributed by atoms with Crippen LogP contribution in [0.3, 0.4) is 0 Å². The summed E-state index contributed by atoms with van der Waals surface area (Å²) in [7, 11) is 1.49. The van der Waals surface area contributed by atoms with Crippen molar-refractivity contribution in [3.05, 3.63) is 42.5 Å². The fourth-order valence-corrected chi connectivity index (χ4v) is 2.44. The molecule has 1 aromatic heterocycles. The van der Waals surface area contributed by atoms with Crippen molar-refractivity contribution in [3.63, 3.8) is 0 Å². The normalized spacial score (nSPS) is 16.8. The number of nitrogens with one attached hydrogen (secondary N) is 1. The standard InChI is InChI=1S/C16H17FN4O3/c1-23-14-15(19-8-7-18-14)24-13-6-9-21(10-13)16(22)20-12-4-2-11(17)3-5-12/h2-5,7-8,13H,6,9-10H2,1H3,(H,20,22). The molecule has 3 rings (SSSR count). The van der Waals surface area contributed by atoms with Crippen molar-refractivity contribution >= 4 is 11.7 Å². The lowest BCUT2D eigenvalue weighted by Crippen LogP contribution is -2.34. The number of hydrogen-bond acceptors (Lipinski definition) is 5. The SMILES string of the molecule is COc1nccnc1OC1CCN(C(=O)Nc2ccc(F)cc2)C1. The van der Waals surface area contributed by atoms with Crippen LogP contribution < -0.4 is 14.8 Å². The van der Waals surface area contributed by atoms with Gasteiger partial charge in [-0.1, -0.05) is 0 Å². The first-order chi connectivity index (χ1) is 11.7. The van der Waals surface area contributed by atoms with E-state index in [1.54, 1.807) is 4.90 Å². The summed E-state index contributed by atoms with van der Waals surface area (Å²) < 4.78 is 23.8. The number of carbonyl (C=O) groups is 1. The highest BCUT2D eigenvalue weighted by Crippen LogP contribution is 2.24. The van der Waals surface area contributed by atoms with E-state index in [1.807, 2.05) is 0 Å². The predicted octanol–water partition coefficient (Wildman–Crippen LogP) is 2.31. The highest BCUT2D eigenvalue weighted by molar-refractivity contribution is 5.89. The lowest BCUT2D eigenvalue weighted by molar-refractivity contribution is 0.182. The average Bonchev–Trinajstić information content (AvgIpc) is 3.06. The second-order valence-electron chi connectivity index (χ2n) is 5.28. The maximum atomic E-state index is 12.9. The number of benzene rings is 1. The molecule has 7 nitrogen and oxygen atoms in total. The molecule has 1 fully saturated rings. The number of anilines is 1. The van der Waals surface area contributed by atoms with Gasteiger partial charge in [0.05, 0.1) is 13.7 Å². The molecule has 1 saturated heterocycles. The Bertz CT molecular complexity index is 711. The predicted molar refractivity (Wildman–Crippen MR) is 84.6 cm³/mol. The van der Waals surface area contributed by atoms with E-state index in [0.29, 0.717) is 37.0 Å². The van der Waals surface area contributed by atoms with Gasteiger partial charge in [0.25, 0.3) is 11.8 Å². The van der Waals surface area contributed by atoms with Crippen LogP contribution in [0, 0.1) is 5.82 Å². The number of halogens is 1. The third-order valence-electron chi connectivity index (χ3n) is 3.63. The van der Waals surface area contributed by atoms with Crippen LogP contribution in [0.4, 0.5) is 14.9 Å². The van der Waals surface area contributed by atoms with Gasteiger partial charge in [0.2, 0.25) is 0 Å². The van der Waals surface area contributed by atoms with Gasteiger partial charge in [-0.2, -0.15) is 0 Å². The maximum Gasteiger partial charge on any atom is 0.321 e. The fourth-order valence-electron chi connectivity index (χ4n) is 2.44. The Kier molecular flexibility index (Phi) is 4.74. The molecular formula is C16H17FN4O3. The van der Waals surface area contributed by atoms with Gasteiger partial charge in [-0.25, -0.2) is 19.2 Å². The quantitative estimate of drug-likeness (QED) is 0.930. The minimum atomic E-state index is -0.347. The largest absolute Gasteiger partial charge is 0.477 e. The molecule has 0 saturated carbocycles. The molecule has 24 heavy (non-hydrogen) atoms. The van der Waals surface area contributed by atoms with E-state index >= 15 is 0 Å². The smallest absolute Gasteiger partial charge is 0.321 e. The molecule has 0 bridgehead atoms. The van der Waals surface area contributed by atoms with Gasteiger partial charge in [-0.15, -0.1) is 0 Å². The van der Waals surface area contributed by atoms with Crippen molar-refractivity contribution in [2.45, 2.75) is 12.5 Å². The Morgan fingerprint density at radius 2 is 1.96 bits per heavy atom. The molecule has 1 atom stereocenters. The summed E-state index contributed by atoms with van der Waals surface area (Å²) in [6.07, 6.45) is 3.53. The first-order valence-corrected chi connectivity index (χ1v) is 7.49. The third-order valence-corrected chi connectivity index (χ3v) is 3.63. The second-order valence-corrected chi connectivity index (χ2v) is 5.28. The lowest BCUT2D eigenvalue weighted by Gasteiger charge is -2.18. The van der Waals surface area contributed by atoms with Crippen LogP contribution in [-0.4, -0.2) is 47.2 Å². The first-order valence-electron chi connectivity index (χ1n) is 7.49. The van der Waals surface area contributed by atoms with Crippen LogP contribution >= 0.6 is 0 Å². The molecule has 8 heteroatoms. The number of methoxy groups -OCH3 is 1. The first kappa shape index (κ1) is 16.0. The molecule has 0 spiro atoms. The van der Waals surface area contributed by atoms with Gasteiger partial charge in [0, 0.05) is 31.0 Å². The van der Waals surface area contributed by atoms with E-state index in [0.717, 1.165) is 0 Å². The number of hydrogen-bond donors (Lipinski definition) is 1. The number of nitrogens with zero attached hydrogens (tertiary/aromatic N) is 3. The van der Waals surface area contributed by atoms with Crippen molar-refractivity contribution in [1.29, 1.82) is 0 Å². The molecule has 2 amide bonds. The molecule has 1 aliphatic rings. The van der Waals surface area contributed by atoms with E-state index in [2.05, 4.69) is 15.3 Å². The molecule has 1 unspecified atom stereocenters. The number of urea groups is 1. The molecule has 0 radical (unpaired) electrons. The van der Waals surface area contributed by atoms with E-state index < -0.39 is 0 Å². The van der Waals surface area contributed by atoms with E-state index in [9.17, 15) is 9.18 Å². The highest BCUT2D eigenvalue weighted by Gasteiger charge is 2.28. The number of ether oxygens (including phenoxy) is 2. The number of rotatable bonds is 4. The van der Waals surface area contributed by atoms with Crippen LogP contribution in [0.1, 0.15) is 6.42 Å². The summed E-state index contributed by atoms with van der Waals surface area (Å²) in [4.78, 5) is 22.0. The van der Waals surface area contributed by atoms with Gasteiger partial charge in [0.15, 0.2) is 0 Å². The minimum absolute atomic E-state index is 0.186. The minimum Gasteiger partial charge on any atom is -0.477 e. The second kappa shape index (κ2) is 7.12. The summed E-state index contributed by atoms with van der Waals surface area (Å²) in [6.45, 7) is 0.979. The molecule has 1 N–H and O–H groups in total. The average molecular weight is 332 g/mol. The van der Waals surface area contributed by atoms with Gasteiger partial charge in [0.1, 0.15) is 11.9 Å². The highest BCUT2D eigenvalue weighted by atomic mass is 19.1. The van der Waals surface area contributed by atoms with E-state index in [-0.39, 0.29) is 18.0 Å². The van der Waals surface area contributed by atoms with Crippen molar-refractivity contribution in [2.75, 3.05) is 25.5 Å². The van der Waals surface area contributed by atoms with Crippen LogP contribution in [0.25, 0.3) is 0 Å². The van der Waals surface area contributed by atoms with Gasteiger partial charge < -0.3 is 19.7 Å². The summed E-state index contributed by atoms with van der Waals surface area (Å²) in [6, 6.07) is 5.38. The van der Waals surface area contributed by atoms with Crippen LogP contribution in [0.5, 0.6) is 11.8 Å². The number of amides is 2. The molecular weight excluding hydrogens is 315 g/mol. The summed E-state index contributed by atoms with van der Waals surface area (Å²) in [5, 5.41) is 2.73. The molecule has 1 aliphatic heterocycles. The number of likely N-dealkylation sites (tertiary alicyclic amines) is 1. The zero-order valence-corrected chi connectivity index (χ0v) is 13.1. The Hall–Kier alpha value is -2.90. The third kappa shape index (κ3) is 3.70. The molecule has 1 aromatic carbocycles. The maximum absolute atomic E-state index is 12.9. The number of carbonyl (C=O) groups excluding carboxylic acids is 1. The molecule has 126 valence electrons. The fraction of sp³-hybridized carbons (Fsp3) is 0.312. The van der Waals surface area contributed by atoms with Crippen LogP contribution in [0.2, 0.25) is 0 Å². The molecule has 2 heterocycles. The lowest BCUT2D eigenvalue weighted by atomic mass is 10.3. The van der Waals surface area contributed by atoms with E-state index in [4.69, 9.17) is 9.47 Å². The molecule has 2 aromatic rings.